The number of benzene rings is 2. The van der Waals surface area contributed by atoms with E-state index in [1.165, 1.54) is 0 Å². The summed E-state index contributed by atoms with van der Waals surface area (Å²) in [5.74, 6) is 1.65. The maximum absolute atomic E-state index is 6.10. The van der Waals surface area contributed by atoms with Gasteiger partial charge in [-0.15, -0.1) is 0 Å². The molecule has 2 N–H and O–H groups in total. The summed E-state index contributed by atoms with van der Waals surface area (Å²) in [5.41, 5.74) is 2.09. The fourth-order valence-corrected chi connectivity index (χ4v) is 4.64. The molecule has 158 valence electrons. The SMILES string of the molecule is CN(C)c1nc(NC2CCC(NCc3cc(Cl)cc(Cl)c3)CC2)nc2ccccc12. The highest BCUT2D eigenvalue weighted by atomic mass is 35.5. The lowest BCUT2D eigenvalue weighted by molar-refractivity contribution is 0.352. The summed E-state index contributed by atoms with van der Waals surface area (Å²) in [6.07, 6.45) is 4.39. The van der Waals surface area contributed by atoms with Gasteiger partial charge >= 0.3 is 0 Å². The van der Waals surface area contributed by atoms with Crippen molar-refractivity contribution in [1.29, 1.82) is 0 Å². The Hall–Kier alpha value is -2.08. The highest BCUT2D eigenvalue weighted by molar-refractivity contribution is 6.34. The summed E-state index contributed by atoms with van der Waals surface area (Å²) < 4.78 is 0. The van der Waals surface area contributed by atoms with Crippen molar-refractivity contribution in [3.8, 4) is 0 Å². The second-order valence-corrected chi connectivity index (χ2v) is 9.01. The number of aromatic nitrogens is 2. The zero-order valence-corrected chi connectivity index (χ0v) is 18.8. The maximum atomic E-state index is 6.10. The highest BCUT2D eigenvalue weighted by Crippen LogP contribution is 2.26. The molecule has 2 aromatic carbocycles. The average molecular weight is 444 g/mol. The van der Waals surface area contributed by atoms with Gasteiger partial charge in [0.2, 0.25) is 5.95 Å². The minimum absolute atomic E-state index is 0.389. The third-order valence-electron chi connectivity index (χ3n) is 5.58. The first-order chi connectivity index (χ1) is 14.5. The van der Waals surface area contributed by atoms with Crippen LogP contribution in [0.2, 0.25) is 10.0 Å². The Bertz CT molecular complexity index is 995. The van der Waals surface area contributed by atoms with Gasteiger partial charge in [-0.3, -0.25) is 0 Å². The van der Waals surface area contributed by atoms with Crippen LogP contribution in [0.3, 0.4) is 0 Å². The minimum Gasteiger partial charge on any atom is -0.362 e. The molecule has 0 saturated heterocycles. The predicted octanol–water partition coefficient (Wildman–Crippen LogP) is 5.52. The monoisotopic (exact) mass is 443 g/mol. The maximum Gasteiger partial charge on any atom is 0.225 e. The number of para-hydroxylation sites is 1. The number of fused-ring (bicyclic) bond motifs is 1. The number of hydrogen-bond acceptors (Lipinski definition) is 5. The first kappa shape index (κ1) is 21.2. The molecule has 0 amide bonds. The molecule has 1 aliphatic rings. The van der Waals surface area contributed by atoms with Gasteiger partial charge < -0.3 is 15.5 Å². The summed E-state index contributed by atoms with van der Waals surface area (Å²) in [4.78, 5) is 11.5. The van der Waals surface area contributed by atoms with Crippen LogP contribution in [0.1, 0.15) is 31.2 Å². The van der Waals surface area contributed by atoms with E-state index in [1.54, 1.807) is 6.07 Å². The van der Waals surface area contributed by atoms with Crippen molar-refractivity contribution in [1.82, 2.24) is 15.3 Å². The molecule has 1 fully saturated rings. The number of rotatable bonds is 6. The zero-order chi connectivity index (χ0) is 21.1. The van der Waals surface area contributed by atoms with E-state index >= 15 is 0 Å². The predicted molar refractivity (Wildman–Crippen MR) is 127 cm³/mol. The molecule has 3 aromatic rings. The molecule has 30 heavy (non-hydrogen) atoms. The van der Waals surface area contributed by atoms with Crippen molar-refractivity contribution in [2.24, 2.45) is 0 Å². The highest BCUT2D eigenvalue weighted by Gasteiger charge is 2.22. The smallest absolute Gasteiger partial charge is 0.225 e. The van der Waals surface area contributed by atoms with Gasteiger partial charge in [-0.2, -0.15) is 4.98 Å². The lowest BCUT2D eigenvalue weighted by Gasteiger charge is -2.30. The molecular formula is C23H27Cl2N5. The molecule has 0 atom stereocenters. The van der Waals surface area contributed by atoms with Crippen LogP contribution in [0.25, 0.3) is 10.9 Å². The first-order valence-electron chi connectivity index (χ1n) is 10.4. The summed E-state index contributed by atoms with van der Waals surface area (Å²) in [6, 6.07) is 14.7. The molecule has 0 unspecified atom stereocenters. The van der Waals surface area contributed by atoms with Gasteiger partial charge in [0.15, 0.2) is 0 Å². The minimum atomic E-state index is 0.389. The van der Waals surface area contributed by atoms with Crippen molar-refractivity contribution >= 4 is 45.9 Å². The van der Waals surface area contributed by atoms with Gasteiger partial charge in [-0.1, -0.05) is 35.3 Å². The number of nitrogens with zero attached hydrogens (tertiary/aromatic N) is 3. The molecule has 4 rings (SSSR count). The van der Waals surface area contributed by atoms with E-state index in [9.17, 15) is 0 Å². The van der Waals surface area contributed by atoms with E-state index in [1.807, 2.05) is 49.3 Å². The second kappa shape index (κ2) is 9.38. The molecule has 7 heteroatoms. The molecule has 0 spiro atoms. The van der Waals surface area contributed by atoms with Gasteiger partial charge in [0.05, 0.1) is 5.52 Å². The number of nitrogens with one attached hydrogen (secondary N) is 2. The van der Waals surface area contributed by atoms with E-state index in [4.69, 9.17) is 33.2 Å². The molecule has 0 aliphatic heterocycles. The van der Waals surface area contributed by atoms with Gasteiger partial charge in [-0.05, 0) is 61.6 Å². The normalized spacial score (nSPS) is 19.1. The molecule has 0 bridgehead atoms. The van der Waals surface area contributed by atoms with Crippen LogP contribution >= 0.6 is 23.2 Å². The van der Waals surface area contributed by atoms with Crippen molar-refractivity contribution in [3.05, 3.63) is 58.1 Å². The number of halogens is 2. The number of hydrogen-bond donors (Lipinski definition) is 2. The van der Waals surface area contributed by atoms with Crippen molar-refractivity contribution in [3.63, 3.8) is 0 Å². The Balaban J connectivity index is 1.34. The zero-order valence-electron chi connectivity index (χ0n) is 17.3. The standard InChI is InChI=1S/C23H27Cl2N5/c1-30(2)22-20-5-3-4-6-21(20)28-23(29-22)27-19-9-7-18(8-10-19)26-14-15-11-16(24)13-17(25)12-15/h3-6,11-13,18-19,26H,7-10,14H2,1-2H3,(H,27,28,29). The van der Waals surface area contributed by atoms with Crippen molar-refractivity contribution < 1.29 is 0 Å². The van der Waals surface area contributed by atoms with Crippen LogP contribution < -0.4 is 15.5 Å². The van der Waals surface area contributed by atoms with Gasteiger partial charge in [-0.25, -0.2) is 4.98 Å². The Morgan fingerprint density at radius 3 is 2.30 bits per heavy atom. The summed E-state index contributed by atoms with van der Waals surface area (Å²) in [6.45, 7) is 0.781. The molecule has 1 aliphatic carbocycles. The Kier molecular flexibility index (Phi) is 6.61. The molecule has 0 radical (unpaired) electrons. The second-order valence-electron chi connectivity index (χ2n) is 8.13. The third kappa shape index (κ3) is 5.15. The molecule has 5 nitrogen and oxygen atoms in total. The van der Waals surface area contributed by atoms with Crippen LogP contribution in [0.4, 0.5) is 11.8 Å². The van der Waals surface area contributed by atoms with Crippen molar-refractivity contribution in [2.45, 2.75) is 44.3 Å². The van der Waals surface area contributed by atoms with Gasteiger partial charge in [0.25, 0.3) is 0 Å². The fourth-order valence-electron chi connectivity index (χ4n) is 4.06. The van der Waals surface area contributed by atoms with E-state index in [0.717, 1.165) is 54.5 Å². The van der Waals surface area contributed by atoms with E-state index in [0.29, 0.717) is 28.1 Å². The Morgan fingerprint density at radius 1 is 0.933 bits per heavy atom. The van der Waals surface area contributed by atoms with Crippen LogP contribution in [0.5, 0.6) is 0 Å². The van der Waals surface area contributed by atoms with E-state index in [2.05, 4.69) is 16.7 Å². The molecule has 1 saturated carbocycles. The van der Waals surface area contributed by atoms with Crippen LogP contribution in [0.15, 0.2) is 42.5 Å². The largest absolute Gasteiger partial charge is 0.362 e. The topological polar surface area (TPSA) is 53.1 Å². The van der Waals surface area contributed by atoms with Gasteiger partial charge in [0, 0.05) is 48.2 Å². The summed E-state index contributed by atoms with van der Waals surface area (Å²) >= 11 is 12.2. The van der Waals surface area contributed by atoms with E-state index < -0.39 is 0 Å². The molecule has 1 aromatic heterocycles. The summed E-state index contributed by atoms with van der Waals surface area (Å²) in [5, 5.41) is 9.64. The van der Waals surface area contributed by atoms with Crippen LogP contribution in [-0.4, -0.2) is 36.1 Å². The summed E-state index contributed by atoms with van der Waals surface area (Å²) in [7, 11) is 4.03. The van der Waals surface area contributed by atoms with E-state index in [-0.39, 0.29) is 0 Å². The Labute approximate surface area is 187 Å². The molecule has 1 heterocycles. The average Bonchev–Trinajstić information content (AvgIpc) is 2.72. The molecular weight excluding hydrogens is 417 g/mol. The lowest BCUT2D eigenvalue weighted by atomic mass is 9.91. The first-order valence-corrected chi connectivity index (χ1v) is 11.1. The Morgan fingerprint density at radius 2 is 1.60 bits per heavy atom. The quantitative estimate of drug-likeness (QED) is 0.525. The lowest BCUT2D eigenvalue weighted by Crippen LogP contribution is -2.37. The van der Waals surface area contributed by atoms with Crippen LogP contribution in [-0.2, 0) is 6.54 Å². The number of anilines is 2. The third-order valence-corrected chi connectivity index (χ3v) is 6.02. The van der Waals surface area contributed by atoms with Gasteiger partial charge in [0.1, 0.15) is 5.82 Å². The van der Waals surface area contributed by atoms with Crippen molar-refractivity contribution in [2.75, 3.05) is 24.3 Å². The van der Waals surface area contributed by atoms with Crippen LogP contribution in [0, 0.1) is 0 Å². The fraction of sp³-hybridized carbons (Fsp3) is 0.391.